The molecule has 104 valence electrons. The summed E-state index contributed by atoms with van der Waals surface area (Å²) in [5, 5.41) is 3.47. The van der Waals surface area contributed by atoms with E-state index >= 15 is 0 Å². The molecule has 0 bridgehead atoms. The molecule has 0 heterocycles. The van der Waals surface area contributed by atoms with Crippen LogP contribution in [0.3, 0.4) is 0 Å². The zero-order valence-electron chi connectivity index (χ0n) is 13.1. The molecule has 0 radical (unpaired) electrons. The summed E-state index contributed by atoms with van der Waals surface area (Å²) in [5.74, 6) is 0. The maximum Gasteiger partial charge on any atom is 0.0623 e. The van der Waals surface area contributed by atoms with E-state index in [1.807, 2.05) is 0 Å². The minimum absolute atomic E-state index is 0.0317. The van der Waals surface area contributed by atoms with Gasteiger partial charge in [-0.05, 0) is 61.2 Å². The van der Waals surface area contributed by atoms with Gasteiger partial charge in [-0.3, -0.25) is 0 Å². The molecular weight excluding hydrogens is 212 g/mol. The van der Waals surface area contributed by atoms with Crippen LogP contribution in [0.5, 0.6) is 0 Å². The molecule has 0 aromatic heterocycles. The molecule has 0 aliphatic rings. The SMILES string of the molecule is CCC(C)(C(CCC(C)(C)OC)NC)N(C)C. The van der Waals surface area contributed by atoms with Crippen LogP contribution in [0.1, 0.15) is 47.0 Å². The smallest absolute Gasteiger partial charge is 0.0623 e. The number of likely N-dealkylation sites (N-methyl/N-ethyl adjacent to an activating group) is 2. The third-order valence-corrected chi connectivity index (χ3v) is 4.42. The predicted octanol–water partition coefficient (Wildman–Crippen LogP) is 2.51. The normalized spacial score (nSPS) is 18.2. The Balaban J connectivity index is 4.62. The molecule has 0 spiro atoms. The van der Waals surface area contributed by atoms with Gasteiger partial charge in [0.1, 0.15) is 0 Å². The lowest BCUT2D eigenvalue weighted by atomic mass is 9.83. The monoisotopic (exact) mass is 244 g/mol. The first kappa shape index (κ1) is 16.9. The van der Waals surface area contributed by atoms with Crippen molar-refractivity contribution in [2.24, 2.45) is 0 Å². The average Bonchev–Trinajstić information content (AvgIpc) is 2.28. The van der Waals surface area contributed by atoms with E-state index in [1.165, 1.54) is 0 Å². The second kappa shape index (κ2) is 6.72. The molecule has 0 aliphatic heterocycles. The summed E-state index contributed by atoms with van der Waals surface area (Å²) in [6, 6.07) is 0.483. The molecule has 0 amide bonds. The van der Waals surface area contributed by atoms with E-state index in [9.17, 15) is 0 Å². The highest BCUT2D eigenvalue weighted by molar-refractivity contribution is 4.94. The molecule has 3 heteroatoms. The van der Waals surface area contributed by atoms with Crippen molar-refractivity contribution in [3.63, 3.8) is 0 Å². The largest absolute Gasteiger partial charge is 0.379 e. The first-order valence-electron chi connectivity index (χ1n) is 6.63. The Morgan fingerprint density at radius 1 is 1.24 bits per heavy atom. The summed E-state index contributed by atoms with van der Waals surface area (Å²) in [7, 11) is 8.17. The lowest BCUT2D eigenvalue weighted by molar-refractivity contribution is 0.00501. The Kier molecular flexibility index (Phi) is 6.67. The fourth-order valence-electron chi connectivity index (χ4n) is 2.23. The molecule has 17 heavy (non-hydrogen) atoms. The van der Waals surface area contributed by atoms with Gasteiger partial charge in [-0.1, -0.05) is 6.92 Å². The Morgan fingerprint density at radius 3 is 2.06 bits per heavy atom. The van der Waals surface area contributed by atoms with Crippen molar-refractivity contribution in [3.05, 3.63) is 0 Å². The molecule has 0 saturated carbocycles. The van der Waals surface area contributed by atoms with Gasteiger partial charge in [0.15, 0.2) is 0 Å². The zero-order valence-corrected chi connectivity index (χ0v) is 13.1. The quantitative estimate of drug-likeness (QED) is 0.710. The van der Waals surface area contributed by atoms with Gasteiger partial charge in [-0.15, -0.1) is 0 Å². The maximum atomic E-state index is 5.50. The molecule has 0 aromatic carbocycles. The summed E-state index contributed by atoms with van der Waals surface area (Å²) in [6.45, 7) is 8.89. The van der Waals surface area contributed by atoms with Crippen molar-refractivity contribution in [1.29, 1.82) is 0 Å². The fourth-order valence-corrected chi connectivity index (χ4v) is 2.23. The first-order chi connectivity index (χ1) is 7.73. The maximum absolute atomic E-state index is 5.50. The Hall–Kier alpha value is -0.120. The van der Waals surface area contributed by atoms with E-state index in [1.54, 1.807) is 7.11 Å². The van der Waals surface area contributed by atoms with Gasteiger partial charge in [0, 0.05) is 18.7 Å². The molecule has 1 N–H and O–H groups in total. The molecule has 0 saturated heterocycles. The van der Waals surface area contributed by atoms with Crippen molar-refractivity contribution in [2.75, 3.05) is 28.3 Å². The van der Waals surface area contributed by atoms with Crippen molar-refractivity contribution in [2.45, 2.75) is 64.1 Å². The molecule has 2 atom stereocenters. The molecular formula is C14H32N2O. The van der Waals surface area contributed by atoms with Crippen LogP contribution in [0.2, 0.25) is 0 Å². The number of methoxy groups -OCH3 is 1. The van der Waals surface area contributed by atoms with Crippen LogP contribution in [0.15, 0.2) is 0 Å². The van der Waals surface area contributed by atoms with E-state index in [0.717, 1.165) is 19.3 Å². The van der Waals surface area contributed by atoms with Gasteiger partial charge in [-0.2, -0.15) is 0 Å². The van der Waals surface area contributed by atoms with Gasteiger partial charge in [-0.25, -0.2) is 0 Å². The van der Waals surface area contributed by atoms with Crippen LogP contribution in [0.25, 0.3) is 0 Å². The van der Waals surface area contributed by atoms with Crippen LogP contribution >= 0.6 is 0 Å². The van der Waals surface area contributed by atoms with E-state index < -0.39 is 0 Å². The summed E-state index contributed by atoms with van der Waals surface area (Å²) in [6.07, 6.45) is 3.33. The van der Waals surface area contributed by atoms with Crippen molar-refractivity contribution in [3.8, 4) is 0 Å². The standard InChI is InChI=1S/C14H32N2O/c1-9-14(4,16(6)7)12(15-5)10-11-13(2,3)17-8/h12,15H,9-11H2,1-8H3. The number of hydrogen-bond acceptors (Lipinski definition) is 3. The Bertz CT molecular complexity index is 216. The Labute approximate surface area is 108 Å². The van der Waals surface area contributed by atoms with Gasteiger partial charge in [0.05, 0.1) is 5.60 Å². The minimum Gasteiger partial charge on any atom is -0.379 e. The topological polar surface area (TPSA) is 24.5 Å². The lowest BCUT2D eigenvalue weighted by Crippen LogP contribution is -2.56. The number of nitrogens with zero attached hydrogens (tertiary/aromatic N) is 1. The molecule has 3 nitrogen and oxygen atoms in total. The molecule has 0 aromatic rings. The van der Waals surface area contributed by atoms with Gasteiger partial charge in [0.25, 0.3) is 0 Å². The van der Waals surface area contributed by atoms with E-state index in [4.69, 9.17) is 4.74 Å². The number of rotatable bonds is 8. The first-order valence-corrected chi connectivity index (χ1v) is 6.63. The highest BCUT2D eigenvalue weighted by atomic mass is 16.5. The number of hydrogen-bond donors (Lipinski definition) is 1. The molecule has 0 rings (SSSR count). The van der Waals surface area contributed by atoms with Crippen LogP contribution in [-0.2, 0) is 4.74 Å². The van der Waals surface area contributed by atoms with Crippen molar-refractivity contribution >= 4 is 0 Å². The second-order valence-electron chi connectivity index (χ2n) is 5.95. The van der Waals surface area contributed by atoms with E-state index in [2.05, 4.69) is 59.1 Å². The van der Waals surface area contributed by atoms with Gasteiger partial charge < -0.3 is 15.0 Å². The summed E-state index contributed by atoms with van der Waals surface area (Å²) in [5.41, 5.74) is 0.161. The third kappa shape index (κ3) is 4.57. The molecule has 0 aliphatic carbocycles. The predicted molar refractivity (Wildman–Crippen MR) is 75.6 cm³/mol. The second-order valence-corrected chi connectivity index (χ2v) is 5.95. The molecule has 0 fully saturated rings. The summed E-state index contributed by atoms with van der Waals surface area (Å²) in [4.78, 5) is 2.33. The number of ether oxygens (including phenoxy) is 1. The van der Waals surface area contributed by atoms with Crippen LogP contribution in [0.4, 0.5) is 0 Å². The van der Waals surface area contributed by atoms with Crippen molar-refractivity contribution in [1.82, 2.24) is 10.2 Å². The fraction of sp³-hybridized carbons (Fsp3) is 1.00. The summed E-state index contributed by atoms with van der Waals surface area (Å²) < 4.78 is 5.50. The zero-order chi connectivity index (χ0) is 13.7. The van der Waals surface area contributed by atoms with Crippen LogP contribution in [0, 0.1) is 0 Å². The van der Waals surface area contributed by atoms with Crippen LogP contribution in [-0.4, -0.2) is 50.3 Å². The van der Waals surface area contributed by atoms with E-state index in [0.29, 0.717) is 6.04 Å². The minimum atomic E-state index is -0.0317. The summed E-state index contributed by atoms with van der Waals surface area (Å²) >= 11 is 0. The number of nitrogens with one attached hydrogen (secondary N) is 1. The van der Waals surface area contributed by atoms with Gasteiger partial charge >= 0.3 is 0 Å². The van der Waals surface area contributed by atoms with Gasteiger partial charge in [0.2, 0.25) is 0 Å². The highest BCUT2D eigenvalue weighted by Crippen LogP contribution is 2.26. The van der Waals surface area contributed by atoms with Crippen LogP contribution < -0.4 is 5.32 Å². The van der Waals surface area contributed by atoms with E-state index in [-0.39, 0.29) is 11.1 Å². The highest BCUT2D eigenvalue weighted by Gasteiger charge is 2.34. The average molecular weight is 244 g/mol. The third-order valence-electron chi connectivity index (χ3n) is 4.42. The molecule has 2 unspecified atom stereocenters. The Morgan fingerprint density at radius 2 is 1.76 bits per heavy atom. The van der Waals surface area contributed by atoms with Crippen molar-refractivity contribution < 1.29 is 4.74 Å². The lowest BCUT2D eigenvalue weighted by Gasteiger charge is -2.43.